The minimum Gasteiger partial charge on any atom is -0.493 e. The molecule has 106 valence electrons. The second kappa shape index (κ2) is 6.19. The molecule has 6 heteroatoms. The molecule has 5 nitrogen and oxygen atoms in total. The summed E-state index contributed by atoms with van der Waals surface area (Å²) in [5.74, 6) is 0.122. The molecule has 2 aromatic rings. The van der Waals surface area contributed by atoms with E-state index in [0.29, 0.717) is 17.8 Å². The van der Waals surface area contributed by atoms with Gasteiger partial charge in [0.2, 0.25) is 5.88 Å². The van der Waals surface area contributed by atoms with E-state index >= 15 is 0 Å². The molecule has 0 saturated carbocycles. The van der Waals surface area contributed by atoms with Gasteiger partial charge in [0.25, 0.3) is 5.56 Å². The van der Waals surface area contributed by atoms with Crippen LogP contribution in [0.2, 0.25) is 0 Å². The third-order valence-corrected chi connectivity index (χ3v) is 3.76. The fourth-order valence-corrected chi connectivity index (χ4v) is 2.39. The van der Waals surface area contributed by atoms with Crippen LogP contribution in [0.15, 0.2) is 33.5 Å². The zero-order chi connectivity index (χ0) is 14.7. The maximum atomic E-state index is 12.2. The van der Waals surface area contributed by atoms with Crippen molar-refractivity contribution in [3.05, 3.63) is 44.9 Å². The van der Waals surface area contributed by atoms with Crippen molar-refractivity contribution < 1.29 is 5.11 Å². The van der Waals surface area contributed by atoms with Gasteiger partial charge in [-0.25, -0.2) is 0 Å². The summed E-state index contributed by atoms with van der Waals surface area (Å²) in [5.41, 5.74) is 6.22. The summed E-state index contributed by atoms with van der Waals surface area (Å²) in [6.07, 6.45) is 1.20. The number of hydrogen-bond donors (Lipinski definition) is 3. The molecule has 0 bridgehead atoms. The van der Waals surface area contributed by atoms with Crippen molar-refractivity contribution in [1.29, 1.82) is 0 Å². The Morgan fingerprint density at radius 3 is 2.75 bits per heavy atom. The quantitative estimate of drug-likeness (QED) is 0.797. The van der Waals surface area contributed by atoms with Crippen LogP contribution in [0.3, 0.4) is 0 Å². The van der Waals surface area contributed by atoms with Gasteiger partial charge in [0.05, 0.1) is 0 Å². The summed E-state index contributed by atoms with van der Waals surface area (Å²) < 4.78 is 0.723. The lowest BCUT2D eigenvalue weighted by molar-refractivity contribution is 0.448. The van der Waals surface area contributed by atoms with Crippen molar-refractivity contribution in [2.75, 3.05) is 0 Å². The molecule has 1 heterocycles. The standard InChI is InChI=1S/C14H16BrN3O2/c1-2-8(16)7-11-17-13(19)12(14(20)18-11)9-5-3-4-6-10(9)15/h3-6,8H,2,7,16H2,1H3,(H2,17,18,19,20). The van der Waals surface area contributed by atoms with Crippen molar-refractivity contribution in [2.24, 2.45) is 5.73 Å². The topological polar surface area (TPSA) is 92.0 Å². The fraction of sp³-hybridized carbons (Fsp3) is 0.286. The molecule has 0 radical (unpaired) electrons. The highest BCUT2D eigenvalue weighted by Gasteiger charge is 2.16. The fourth-order valence-electron chi connectivity index (χ4n) is 1.90. The molecule has 1 aromatic heterocycles. The third kappa shape index (κ3) is 3.08. The Labute approximate surface area is 125 Å². The molecular weight excluding hydrogens is 322 g/mol. The van der Waals surface area contributed by atoms with E-state index in [4.69, 9.17) is 5.73 Å². The number of H-pyrrole nitrogens is 1. The van der Waals surface area contributed by atoms with E-state index < -0.39 is 0 Å². The number of nitrogens with zero attached hydrogens (tertiary/aromatic N) is 1. The highest BCUT2D eigenvalue weighted by molar-refractivity contribution is 9.10. The molecule has 2 rings (SSSR count). The minimum atomic E-state index is -0.372. The molecule has 0 aliphatic heterocycles. The monoisotopic (exact) mass is 337 g/mol. The van der Waals surface area contributed by atoms with E-state index in [9.17, 15) is 9.90 Å². The Morgan fingerprint density at radius 2 is 2.15 bits per heavy atom. The molecule has 4 N–H and O–H groups in total. The summed E-state index contributed by atoms with van der Waals surface area (Å²) in [6.45, 7) is 1.96. The number of nitrogens with one attached hydrogen (secondary N) is 1. The average molecular weight is 338 g/mol. The number of hydrogen-bond acceptors (Lipinski definition) is 4. The second-order valence-electron chi connectivity index (χ2n) is 4.56. The van der Waals surface area contributed by atoms with E-state index in [-0.39, 0.29) is 23.0 Å². The van der Waals surface area contributed by atoms with Crippen molar-refractivity contribution in [2.45, 2.75) is 25.8 Å². The van der Waals surface area contributed by atoms with Gasteiger partial charge in [-0.1, -0.05) is 41.1 Å². The molecule has 1 atom stereocenters. The zero-order valence-electron chi connectivity index (χ0n) is 11.1. The summed E-state index contributed by atoms with van der Waals surface area (Å²) in [5, 5.41) is 10.0. The Morgan fingerprint density at radius 1 is 1.45 bits per heavy atom. The molecule has 0 fully saturated rings. The van der Waals surface area contributed by atoms with Gasteiger partial charge in [-0.2, -0.15) is 4.98 Å². The third-order valence-electron chi connectivity index (χ3n) is 3.07. The Hall–Kier alpha value is -1.66. The van der Waals surface area contributed by atoms with Crippen LogP contribution < -0.4 is 11.3 Å². The lowest BCUT2D eigenvalue weighted by atomic mass is 10.1. The molecule has 0 amide bonds. The van der Waals surface area contributed by atoms with Crippen LogP contribution in [0.25, 0.3) is 11.1 Å². The molecular formula is C14H16BrN3O2. The van der Waals surface area contributed by atoms with Crippen LogP contribution in [0.5, 0.6) is 5.88 Å². The van der Waals surface area contributed by atoms with Crippen LogP contribution in [-0.2, 0) is 6.42 Å². The number of aromatic nitrogens is 2. The van der Waals surface area contributed by atoms with Crippen LogP contribution in [-0.4, -0.2) is 21.1 Å². The van der Waals surface area contributed by atoms with Gasteiger partial charge in [0.1, 0.15) is 11.4 Å². The predicted molar refractivity (Wildman–Crippen MR) is 81.6 cm³/mol. The van der Waals surface area contributed by atoms with Crippen molar-refractivity contribution in [3.63, 3.8) is 0 Å². The SMILES string of the molecule is CCC(N)Cc1nc(O)c(-c2ccccc2Br)c(=O)[nH]1. The van der Waals surface area contributed by atoms with Crippen LogP contribution >= 0.6 is 15.9 Å². The van der Waals surface area contributed by atoms with E-state index in [1.54, 1.807) is 18.2 Å². The van der Waals surface area contributed by atoms with Gasteiger partial charge in [-0.05, 0) is 12.5 Å². The predicted octanol–water partition coefficient (Wildman–Crippen LogP) is 2.18. The molecule has 1 aromatic carbocycles. The Balaban J connectivity index is 2.47. The highest BCUT2D eigenvalue weighted by Crippen LogP contribution is 2.30. The first-order valence-electron chi connectivity index (χ1n) is 6.35. The van der Waals surface area contributed by atoms with Crippen LogP contribution in [0, 0.1) is 0 Å². The number of nitrogens with two attached hydrogens (primary N) is 1. The molecule has 0 aliphatic carbocycles. The number of rotatable bonds is 4. The maximum absolute atomic E-state index is 12.2. The average Bonchev–Trinajstić information content (AvgIpc) is 2.40. The van der Waals surface area contributed by atoms with Crippen molar-refractivity contribution >= 4 is 15.9 Å². The van der Waals surface area contributed by atoms with E-state index in [1.165, 1.54) is 0 Å². The summed E-state index contributed by atoms with van der Waals surface area (Å²) in [4.78, 5) is 18.9. The lowest BCUT2D eigenvalue weighted by Crippen LogP contribution is -2.25. The van der Waals surface area contributed by atoms with Crippen molar-refractivity contribution in [1.82, 2.24) is 9.97 Å². The normalized spacial score (nSPS) is 12.3. The van der Waals surface area contributed by atoms with Gasteiger partial charge in [0, 0.05) is 22.5 Å². The molecule has 0 saturated heterocycles. The zero-order valence-corrected chi connectivity index (χ0v) is 12.6. The first kappa shape index (κ1) is 14.7. The summed E-state index contributed by atoms with van der Waals surface area (Å²) in [6, 6.07) is 7.08. The van der Waals surface area contributed by atoms with Crippen molar-refractivity contribution in [3.8, 4) is 17.0 Å². The largest absolute Gasteiger partial charge is 0.493 e. The minimum absolute atomic E-state index is 0.0909. The molecule has 20 heavy (non-hydrogen) atoms. The molecule has 0 spiro atoms. The van der Waals surface area contributed by atoms with Crippen LogP contribution in [0.4, 0.5) is 0 Å². The highest BCUT2D eigenvalue weighted by atomic mass is 79.9. The van der Waals surface area contributed by atoms with Crippen LogP contribution in [0.1, 0.15) is 19.2 Å². The van der Waals surface area contributed by atoms with Gasteiger partial charge in [0.15, 0.2) is 0 Å². The summed E-state index contributed by atoms with van der Waals surface area (Å²) in [7, 11) is 0. The first-order chi connectivity index (χ1) is 9.52. The van der Waals surface area contributed by atoms with E-state index in [2.05, 4.69) is 25.9 Å². The number of aromatic hydroxyl groups is 1. The number of halogens is 1. The smallest absolute Gasteiger partial charge is 0.262 e. The Kier molecular flexibility index (Phi) is 4.57. The lowest BCUT2D eigenvalue weighted by Gasteiger charge is -2.10. The second-order valence-corrected chi connectivity index (χ2v) is 5.42. The van der Waals surface area contributed by atoms with Gasteiger partial charge < -0.3 is 15.8 Å². The van der Waals surface area contributed by atoms with Gasteiger partial charge in [-0.3, -0.25) is 4.79 Å². The van der Waals surface area contributed by atoms with E-state index in [1.807, 2.05) is 13.0 Å². The number of benzene rings is 1. The summed E-state index contributed by atoms with van der Waals surface area (Å²) >= 11 is 3.36. The van der Waals surface area contributed by atoms with E-state index in [0.717, 1.165) is 10.9 Å². The first-order valence-corrected chi connectivity index (χ1v) is 7.14. The maximum Gasteiger partial charge on any atom is 0.262 e. The molecule has 0 aliphatic rings. The molecule has 1 unspecified atom stereocenters. The van der Waals surface area contributed by atoms with Gasteiger partial charge >= 0.3 is 0 Å². The Bertz CT molecular complexity index is 670. The van der Waals surface area contributed by atoms with Gasteiger partial charge in [-0.15, -0.1) is 0 Å². The number of aromatic amines is 1.